The van der Waals surface area contributed by atoms with E-state index in [9.17, 15) is 9.59 Å². The summed E-state index contributed by atoms with van der Waals surface area (Å²) >= 11 is 2.84. The van der Waals surface area contributed by atoms with Gasteiger partial charge in [0.05, 0.1) is 11.1 Å². The van der Waals surface area contributed by atoms with E-state index >= 15 is 0 Å². The molecule has 3 heterocycles. The van der Waals surface area contributed by atoms with Gasteiger partial charge in [-0.05, 0) is 49.3 Å². The van der Waals surface area contributed by atoms with Gasteiger partial charge in [-0.3, -0.25) is 14.2 Å². The number of aryl methyl sites for hydroxylation is 2. The van der Waals surface area contributed by atoms with Crippen LogP contribution in [0, 0.1) is 19.8 Å². The molecule has 5 nitrogen and oxygen atoms in total. The third-order valence-electron chi connectivity index (χ3n) is 6.05. The van der Waals surface area contributed by atoms with E-state index in [-0.39, 0.29) is 11.5 Å². The highest BCUT2D eigenvalue weighted by Gasteiger charge is 2.22. The minimum Gasteiger partial charge on any atom is -0.342 e. The van der Waals surface area contributed by atoms with Crippen LogP contribution in [0.15, 0.2) is 33.5 Å². The van der Waals surface area contributed by atoms with Crippen molar-refractivity contribution in [2.45, 2.75) is 38.8 Å². The van der Waals surface area contributed by atoms with Gasteiger partial charge in [0.25, 0.3) is 5.56 Å². The number of benzene rings is 1. The minimum absolute atomic E-state index is 0.0591. The summed E-state index contributed by atoms with van der Waals surface area (Å²) in [5.74, 6) is 1.13. The Morgan fingerprint density at radius 2 is 1.97 bits per heavy atom. The number of rotatable bonds is 4. The molecule has 0 radical (unpaired) electrons. The first-order valence-electron chi connectivity index (χ1n) is 10.3. The fourth-order valence-electron chi connectivity index (χ4n) is 3.78. The first kappa shape index (κ1) is 21.1. The van der Waals surface area contributed by atoms with E-state index in [1.807, 2.05) is 10.3 Å². The number of amides is 1. The van der Waals surface area contributed by atoms with Crippen LogP contribution < -0.4 is 5.56 Å². The number of likely N-dealkylation sites (tertiary alicyclic amines) is 1. The van der Waals surface area contributed by atoms with E-state index in [1.165, 1.54) is 34.2 Å². The molecule has 4 rings (SSSR count). The lowest BCUT2D eigenvalue weighted by atomic mass is 9.99. The molecule has 0 N–H and O–H groups in total. The van der Waals surface area contributed by atoms with Crippen molar-refractivity contribution in [3.8, 4) is 11.1 Å². The summed E-state index contributed by atoms with van der Waals surface area (Å²) < 4.78 is 1.58. The average Bonchev–Trinajstić information content (AvgIpc) is 3.16. The lowest BCUT2D eigenvalue weighted by molar-refractivity contribution is -0.129. The molecule has 1 fully saturated rings. The van der Waals surface area contributed by atoms with E-state index in [0.717, 1.165) is 41.9 Å². The summed E-state index contributed by atoms with van der Waals surface area (Å²) in [6.07, 6.45) is 2.13. The molecule has 1 aromatic carbocycles. The van der Waals surface area contributed by atoms with Crippen LogP contribution in [0.4, 0.5) is 0 Å². The lowest BCUT2D eigenvalue weighted by Gasteiger charge is -2.30. The van der Waals surface area contributed by atoms with Gasteiger partial charge in [0.1, 0.15) is 4.83 Å². The first-order valence-corrected chi connectivity index (χ1v) is 12.2. The molecule has 0 spiro atoms. The maximum Gasteiger partial charge on any atom is 0.263 e. The number of nitrogens with zero attached hydrogens (tertiary/aromatic N) is 3. The largest absolute Gasteiger partial charge is 0.342 e. The van der Waals surface area contributed by atoms with Gasteiger partial charge in [-0.2, -0.15) is 0 Å². The van der Waals surface area contributed by atoms with Gasteiger partial charge in [-0.25, -0.2) is 4.98 Å². The number of hydrogen-bond donors (Lipinski definition) is 0. The molecular formula is C23H27N3O2S2. The molecule has 158 valence electrons. The van der Waals surface area contributed by atoms with Crippen LogP contribution >= 0.6 is 23.1 Å². The first-order chi connectivity index (χ1) is 14.3. The zero-order valence-electron chi connectivity index (χ0n) is 17.9. The SMILES string of the molecule is Cc1ccc(-c2csc3nc(SCC(=O)N4CCC(C)CC4)n(C)c(=O)c23)cc1C. The molecule has 30 heavy (non-hydrogen) atoms. The number of hydrogen-bond acceptors (Lipinski definition) is 5. The van der Waals surface area contributed by atoms with Gasteiger partial charge in [-0.15, -0.1) is 11.3 Å². The van der Waals surface area contributed by atoms with E-state index < -0.39 is 0 Å². The number of carbonyl (C=O) groups excluding carboxylic acids is 1. The van der Waals surface area contributed by atoms with Crippen LogP contribution in [0.25, 0.3) is 21.3 Å². The molecular weight excluding hydrogens is 414 g/mol. The van der Waals surface area contributed by atoms with Gasteiger partial charge in [0, 0.05) is 31.1 Å². The van der Waals surface area contributed by atoms with Crippen LogP contribution in [0.2, 0.25) is 0 Å². The van der Waals surface area contributed by atoms with Crippen molar-refractivity contribution in [1.82, 2.24) is 14.5 Å². The van der Waals surface area contributed by atoms with E-state index in [2.05, 4.69) is 39.0 Å². The normalized spacial score (nSPS) is 15.1. The fourth-order valence-corrected chi connectivity index (χ4v) is 5.64. The molecule has 1 aliphatic rings. The highest BCUT2D eigenvalue weighted by atomic mass is 32.2. The monoisotopic (exact) mass is 441 g/mol. The molecule has 0 saturated carbocycles. The molecule has 2 aromatic heterocycles. The van der Waals surface area contributed by atoms with Gasteiger partial charge in [0.15, 0.2) is 5.16 Å². The third-order valence-corrected chi connectivity index (χ3v) is 7.94. The second-order valence-corrected chi connectivity index (χ2v) is 10.0. The summed E-state index contributed by atoms with van der Waals surface area (Å²) in [6.45, 7) is 8.06. The van der Waals surface area contributed by atoms with E-state index in [4.69, 9.17) is 4.98 Å². The molecule has 0 atom stereocenters. The van der Waals surface area contributed by atoms with Crippen molar-refractivity contribution in [2.24, 2.45) is 13.0 Å². The Morgan fingerprint density at radius 3 is 2.67 bits per heavy atom. The van der Waals surface area contributed by atoms with Crippen LogP contribution in [-0.2, 0) is 11.8 Å². The molecule has 1 saturated heterocycles. The minimum atomic E-state index is -0.0591. The number of carbonyl (C=O) groups is 1. The number of fused-ring (bicyclic) bond motifs is 1. The van der Waals surface area contributed by atoms with Crippen molar-refractivity contribution >= 4 is 39.2 Å². The second-order valence-electron chi connectivity index (χ2n) is 8.24. The lowest BCUT2D eigenvalue weighted by Crippen LogP contribution is -2.39. The molecule has 0 aliphatic carbocycles. The molecule has 1 aliphatic heterocycles. The quantitative estimate of drug-likeness (QED) is 0.438. The van der Waals surface area contributed by atoms with Crippen LogP contribution in [0.3, 0.4) is 0 Å². The topological polar surface area (TPSA) is 55.2 Å². The number of piperidine rings is 1. The van der Waals surface area contributed by atoms with Gasteiger partial charge in [-0.1, -0.05) is 36.9 Å². The number of aromatic nitrogens is 2. The maximum absolute atomic E-state index is 13.2. The number of thioether (sulfide) groups is 1. The zero-order valence-corrected chi connectivity index (χ0v) is 19.5. The van der Waals surface area contributed by atoms with Crippen LogP contribution in [-0.4, -0.2) is 39.2 Å². The summed E-state index contributed by atoms with van der Waals surface area (Å²) in [5, 5.41) is 3.27. The van der Waals surface area contributed by atoms with Gasteiger partial charge < -0.3 is 4.90 Å². The second kappa shape index (κ2) is 8.55. The summed E-state index contributed by atoms with van der Waals surface area (Å²) in [7, 11) is 1.74. The number of thiophene rings is 1. The molecule has 1 amide bonds. The molecule has 3 aromatic rings. The smallest absolute Gasteiger partial charge is 0.263 e. The van der Waals surface area contributed by atoms with Crippen molar-refractivity contribution in [2.75, 3.05) is 18.8 Å². The van der Waals surface area contributed by atoms with E-state index in [0.29, 0.717) is 22.2 Å². The van der Waals surface area contributed by atoms with Crippen molar-refractivity contribution < 1.29 is 4.79 Å². The Balaban J connectivity index is 1.59. The Bertz CT molecular complexity index is 1160. The standard InChI is InChI=1S/C23H27N3O2S2/c1-14-7-9-26(10-8-14)19(27)13-30-23-24-21-20(22(28)25(23)4)18(12-29-21)17-6-5-15(2)16(3)11-17/h5-6,11-12,14H,7-10,13H2,1-4H3. The van der Waals surface area contributed by atoms with Crippen LogP contribution in [0.5, 0.6) is 0 Å². The summed E-state index contributed by atoms with van der Waals surface area (Å²) in [6, 6.07) is 6.27. The Kier molecular flexibility index (Phi) is 6.02. The van der Waals surface area contributed by atoms with Crippen molar-refractivity contribution in [3.05, 3.63) is 45.1 Å². The predicted molar refractivity (Wildman–Crippen MR) is 125 cm³/mol. The third kappa shape index (κ3) is 4.05. The maximum atomic E-state index is 13.2. The Labute approximate surface area is 185 Å². The van der Waals surface area contributed by atoms with Crippen LogP contribution in [0.1, 0.15) is 30.9 Å². The van der Waals surface area contributed by atoms with Crippen molar-refractivity contribution in [3.63, 3.8) is 0 Å². The molecule has 0 unspecified atom stereocenters. The highest BCUT2D eigenvalue weighted by Crippen LogP contribution is 2.33. The highest BCUT2D eigenvalue weighted by molar-refractivity contribution is 7.99. The molecule has 7 heteroatoms. The Morgan fingerprint density at radius 1 is 1.23 bits per heavy atom. The van der Waals surface area contributed by atoms with Crippen molar-refractivity contribution in [1.29, 1.82) is 0 Å². The summed E-state index contributed by atoms with van der Waals surface area (Å²) in [4.78, 5) is 33.1. The van der Waals surface area contributed by atoms with Gasteiger partial charge in [0.2, 0.25) is 5.91 Å². The Hall–Kier alpha value is -2.12. The zero-order chi connectivity index (χ0) is 21.4. The molecule has 0 bridgehead atoms. The van der Waals surface area contributed by atoms with Gasteiger partial charge >= 0.3 is 0 Å². The summed E-state index contributed by atoms with van der Waals surface area (Å²) in [5.41, 5.74) is 4.35. The average molecular weight is 442 g/mol. The predicted octanol–water partition coefficient (Wildman–Crippen LogP) is 4.63. The van der Waals surface area contributed by atoms with E-state index in [1.54, 1.807) is 11.6 Å². The fraction of sp³-hybridized carbons (Fsp3) is 0.435.